The third-order valence-electron chi connectivity index (χ3n) is 2.69. The van der Waals surface area contributed by atoms with Gasteiger partial charge >= 0.3 is 0 Å². The Balaban J connectivity index is 2.48. The predicted molar refractivity (Wildman–Crippen MR) is 78.8 cm³/mol. The van der Waals surface area contributed by atoms with E-state index in [-0.39, 0.29) is 5.54 Å². The fourth-order valence-electron chi connectivity index (χ4n) is 1.75. The molecule has 0 fully saturated rings. The summed E-state index contributed by atoms with van der Waals surface area (Å²) in [5.41, 5.74) is 2.01. The Hall–Kier alpha value is -2.46. The second-order valence-corrected chi connectivity index (χ2v) is 5.59. The summed E-state index contributed by atoms with van der Waals surface area (Å²) in [6, 6.07) is 2.15. The Morgan fingerprint density at radius 3 is 2.81 bits per heavy atom. The highest BCUT2D eigenvalue weighted by Crippen LogP contribution is 2.20. The Bertz CT molecular complexity index is 704. The molecule has 7 nitrogen and oxygen atoms in total. The summed E-state index contributed by atoms with van der Waals surface area (Å²) >= 11 is 0. The molecule has 110 valence electrons. The molecule has 0 atom stereocenters. The van der Waals surface area contributed by atoms with Crippen LogP contribution in [0.2, 0.25) is 0 Å². The number of hydrogen-bond acceptors (Lipinski definition) is 6. The zero-order chi connectivity index (χ0) is 15.5. The van der Waals surface area contributed by atoms with Gasteiger partial charge in [0.25, 0.3) is 0 Å². The number of rotatable bonds is 4. The second-order valence-electron chi connectivity index (χ2n) is 5.59. The van der Waals surface area contributed by atoms with Crippen molar-refractivity contribution in [3.63, 3.8) is 0 Å². The Labute approximate surface area is 123 Å². The largest absolute Gasteiger partial charge is 0.385 e. The van der Waals surface area contributed by atoms with Crippen LogP contribution >= 0.6 is 0 Å². The van der Waals surface area contributed by atoms with Crippen LogP contribution in [-0.2, 0) is 11.5 Å². The molecular weight excluding hydrogens is 268 g/mol. The Morgan fingerprint density at radius 2 is 2.19 bits per heavy atom. The molecule has 0 amide bonds. The van der Waals surface area contributed by atoms with Crippen LogP contribution in [-0.4, -0.2) is 32.2 Å². The van der Waals surface area contributed by atoms with Gasteiger partial charge in [-0.2, -0.15) is 5.26 Å². The number of nitriles is 1. The van der Waals surface area contributed by atoms with Crippen LogP contribution in [0.5, 0.6) is 0 Å². The molecule has 0 aromatic carbocycles. The predicted octanol–water partition coefficient (Wildman–Crippen LogP) is 1.68. The molecule has 0 spiro atoms. The number of nitrogens with zero attached hydrogens (tertiary/aromatic N) is 5. The van der Waals surface area contributed by atoms with Crippen molar-refractivity contribution in [2.75, 3.05) is 7.11 Å². The minimum absolute atomic E-state index is 0.135. The van der Waals surface area contributed by atoms with Crippen LogP contribution in [0.3, 0.4) is 0 Å². The van der Waals surface area contributed by atoms with Crippen molar-refractivity contribution in [3.05, 3.63) is 24.5 Å². The molecule has 21 heavy (non-hydrogen) atoms. The number of imidazole rings is 1. The van der Waals surface area contributed by atoms with E-state index in [0.717, 1.165) is 0 Å². The maximum atomic E-state index is 9.37. The van der Waals surface area contributed by atoms with Crippen molar-refractivity contribution >= 4 is 16.7 Å². The monoisotopic (exact) mass is 286 g/mol. The van der Waals surface area contributed by atoms with Crippen molar-refractivity contribution < 1.29 is 4.74 Å². The molecule has 0 aliphatic rings. The van der Waals surface area contributed by atoms with Crippen LogP contribution in [0.25, 0.3) is 16.7 Å². The van der Waals surface area contributed by atoms with E-state index < -0.39 is 0 Å². The SMILES string of the molecule is COCn1cnc2c(/C(C#N)=C/NC(C)(C)C)ncnc21. The smallest absolute Gasteiger partial charge is 0.165 e. The Kier molecular flexibility index (Phi) is 4.19. The topological polar surface area (TPSA) is 88.7 Å². The van der Waals surface area contributed by atoms with Gasteiger partial charge in [-0.05, 0) is 20.8 Å². The van der Waals surface area contributed by atoms with Crippen LogP contribution in [0, 0.1) is 11.3 Å². The molecule has 2 aromatic heterocycles. The van der Waals surface area contributed by atoms with E-state index in [2.05, 4.69) is 26.3 Å². The molecule has 7 heteroatoms. The van der Waals surface area contributed by atoms with Gasteiger partial charge in [0.05, 0.1) is 11.9 Å². The van der Waals surface area contributed by atoms with Gasteiger partial charge in [0, 0.05) is 18.8 Å². The lowest BCUT2D eigenvalue weighted by Gasteiger charge is -2.18. The van der Waals surface area contributed by atoms with Crippen LogP contribution in [0.4, 0.5) is 0 Å². The number of methoxy groups -OCH3 is 1. The van der Waals surface area contributed by atoms with Crippen LogP contribution in [0.1, 0.15) is 26.5 Å². The zero-order valence-electron chi connectivity index (χ0n) is 12.6. The summed E-state index contributed by atoms with van der Waals surface area (Å²) in [6.45, 7) is 6.39. The number of hydrogen-bond donors (Lipinski definition) is 1. The quantitative estimate of drug-likeness (QED) is 0.860. The summed E-state index contributed by atoms with van der Waals surface area (Å²) in [6.07, 6.45) is 4.71. The summed E-state index contributed by atoms with van der Waals surface area (Å²) in [5.74, 6) is 0. The fraction of sp³-hybridized carbons (Fsp3) is 0.429. The zero-order valence-corrected chi connectivity index (χ0v) is 12.6. The molecule has 0 aliphatic carbocycles. The summed E-state index contributed by atoms with van der Waals surface area (Å²) in [4.78, 5) is 12.7. The highest BCUT2D eigenvalue weighted by Gasteiger charge is 2.15. The number of ether oxygens (including phenoxy) is 1. The van der Waals surface area contributed by atoms with Crippen LogP contribution in [0.15, 0.2) is 18.9 Å². The fourth-order valence-corrected chi connectivity index (χ4v) is 1.75. The molecule has 2 rings (SSSR count). The molecule has 0 unspecified atom stereocenters. The average Bonchev–Trinajstić information content (AvgIpc) is 2.83. The molecule has 0 aliphatic heterocycles. The van der Waals surface area contributed by atoms with Crippen molar-refractivity contribution in [2.45, 2.75) is 33.0 Å². The van der Waals surface area contributed by atoms with Gasteiger partial charge in [-0.25, -0.2) is 15.0 Å². The Morgan fingerprint density at radius 1 is 1.43 bits per heavy atom. The van der Waals surface area contributed by atoms with Gasteiger partial charge < -0.3 is 10.1 Å². The van der Waals surface area contributed by atoms with Gasteiger partial charge in [0.15, 0.2) is 5.65 Å². The second kappa shape index (κ2) is 5.89. The van der Waals surface area contributed by atoms with Crippen molar-refractivity contribution in [2.24, 2.45) is 0 Å². The lowest BCUT2D eigenvalue weighted by Crippen LogP contribution is -2.31. The third kappa shape index (κ3) is 3.35. The molecule has 2 heterocycles. The van der Waals surface area contributed by atoms with Gasteiger partial charge in [-0.15, -0.1) is 0 Å². The summed E-state index contributed by atoms with van der Waals surface area (Å²) < 4.78 is 6.84. The first-order chi connectivity index (χ1) is 9.96. The lowest BCUT2D eigenvalue weighted by molar-refractivity contribution is 0.134. The van der Waals surface area contributed by atoms with Crippen molar-refractivity contribution in [1.82, 2.24) is 24.8 Å². The minimum atomic E-state index is -0.135. The number of fused-ring (bicyclic) bond motifs is 1. The summed E-state index contributed by atoms with van der Waals surface area (Å²) in [5, 5.41) is 12.5. The van der Waals surface area contributed by atoms with Gasteiger partial charge in [-0.3, -0.25) is 4.57 Å². The normalized spacial score (nSPS) is 12.4. The summed E-state index contributed by atoms with van der Waals surface area (Å²) in [7, 11) is 1.60. The van der Waals surface area contributed by atoms with E-state index in [0.29, 0.717) is 29.2 Å². The van der Waals surface area contributed by atoms with Crippen molar-refractivity contribution in [1.29, 1.82) is 5.26 Å². The van der Waals surface area contributed by atoms with Crippen LogP contribution < -0.4 is 5.32 Å². The molecule has 0 saturated carbocycles. The maximum Gasteiger partial charge on any atom is 0.165 e. The molecular formula is C14H18N6O. The first-order valence-corrected chi connectivity index (χ1v) is 6.49. The van der Waals surface area contributed by atoms with E-state index in [1.54, 1.807) is 24.2 Å². The standard InChI is InChI=1S/C14H18N6O/c1-14(2,3)19-6-10(5-15)11-12-13(17-7-16-11)20(8-18-12)9-21-4/h6-8,19H,9H2,1-4H3/b10-6+. The number of allylic oxidation sites excluding steroid dienone is 1. The maximum absolute atomic E-state index is 9.37. The molecule has 0 bridgehead atoms. The minimum Gasteiger partial charge on any atom is -0.385 e. The van der Waals surface area contributed by atoms with Crippen molar-refractivity contribution in [3.8, 4) is 6.07 Å². The van der Waals surface area contributed by atoms with E-state index >= 15 is 0 Å². The average molecular weight is 286 g/mol. The van der Waals surface area contributed by atoms with E-state index in [4.69, 9.17) is 4.74 Å². The number of aromatic nitrogens is 4. The highest BCUT2D eigenvalue weighted by atomic mass is 16.5. The van der Waals surface area contributed by atoms with Gasteiger partial charge in [-0.1, -0.05) is 0 Å². The molecule has 1 N–H and O–H groups in total. The van der Waals surface area contributed by atoms with Gasteiger partial charge in [0.1, 0.15) is 30.3 Å². The highest BCUT2D eigenvalue weighted by molar-refractivity contribution is 5.89. The molecule has 2 aromatic rings. The van der Waals surface area contributed by atoms with E-state index in [9.17, 15) is 5.26 Å². The first kappa shape index (κ1) is 14.9. The number of nitrogens with one attached hydrogen (secondary N) is 1. The van der Waals surface area contributed by atoms with E-state index in [1.807, 2.05) is 20.8 Å². The van der Waals surface area contributed by atoms with E-state index in [1.165, 1.54) is 6.33 Å². The first-order valence-electron chi connectivity index (χ1n) is 6.49. The third-order valence-corrected chi connectivity index (χ3v) is 2.69. The van der Waals surface area contributed by atoms with Gasteiger partial charge in [0.2, 0.25) is 0 Å². The molecule has 0 saturated heterocycles. The molecule has 0 radical (unpaired) electrons. The lowest BCUT2D eigenvalue weighted by atomic mass is 10.1.